The molecule has 1 aromatic carbocycles. The van der Waals surface area contributed by atoms with Gasteiger partial charge < -0.3 is 9.84 Å². The van der Waals surface area contributed by atoms with Gasteiger partial charge in [-0.3, -0.25) is 4.68 Å². The number of aryl methyl sites for hydroxylation is 1. The van der Waals surface area contributed by atoms with E-state index in [-0.39, 0.29) is 0 Å². The van der Waals surface area contributed by atoms with Crippen LogP contribution in [0.2, 0.25) is 5.02 Å². The van der Waals surface area contributed by atoms with Crippen molar-refractivity contribution < 1.29 is 9.84 Å². The Labute approximate surface area is 111 Å². The van der Waals surface area contributed by atoms with Gasteiger partial charge in [-0.2, -0.15) is 5.10 Å². The predicted octanol–water partition coefficient (Wildman–Crippen LogP) is 2.71. The van der Waals surface area contributed by atoms with E-state index in [1.165, 1.54) is 0 Å². The molecule has 0 aliphatic carbocycles. The normalized spacial score (nSPS) is 12.4. The Morgan fingerprint density at radius 1 is 1.50 bits per heavy atom. The highest BCUT2D eigenvalue weighted by Crippen LogP contribution is 2.28. The van der Waals surface area contributed by atoms with Gasteiger partial charge in [-0.25, -0.2) is 0 Å². The van der Waals surface area contributed by atoms with Crippen LogP contribution >= 0.6 is 11.6 Å². The molecule has 1 aromatic heterocycles. The number of rotatable bonds is 4. The molecule has 0 bridgehead atoms. The summed E-state index contributed by atoms with van der Waals surface area (Å²) in [5.41, 5.74) is 1.66. The summed E-state index contributed by atoms with van der Waals surface area (Å²) in [5.74, 6) is 0.637. The van der Waals surface area contributed by atoms with Gasteiger partial charge in [-0.15, -0.1) is 0 Å². The number of aliphatic hydroxyl groups excluding tert-OH is 1. The van der Waals surface area contributed by atoms with Crippen LogP contribution in [0.1, 0.15) is 24.2 Å². The number of aromatic nitrogens is 2. The number of benzene rings is 1. The lowest BCUT2D eigenvalue weighted by Gasteiger charge is -2.13. The van der Waals surface area contributed by atoms with Gasteiger partial charge in [0.15, 0.2) is 0 Å². The Bertz CT molecular complexity index is 538. The standard InChI is InChI=1S/C13H15ClN2O2/c1-9(17)12-5-11(14)3-4-13(12)18-8-10-6-15-16(2)7-10/h3-7,9,17H,8H2,1-2H3/t9-/m0/s1. The van der Waals surface area contributed by atoms with Gasteiger partial charge in [0, 0.05) is 29.4 Å². The first-order valence-electron chi connectivity index (χ1n) is 5.64. The van der Waals surface area contributed by atoms with E-state index in [1.807, 2.05) is 13.2 Å². The summed E-state index contributed by atoms with van der Waals surface area (Å²) in [7, 11) is 1.85. The number of nitrogens with zero attached hydrogens (tertiary/aromatic N) is 2. The molecule has 2 rings (SSSR count). The minimum Gasteiger partial charge on any atom is -0.488 e. The summed E-state index contributed by atoms with van der Waals surface area (Å²) >= 11 is 5.90. The maximum absolute atomic E-state index is 9.68. The lowest BCUT2D eigenvalue weighted by Crippen LogP contribution is -2.00. The second-order valence-electron chi connectivity index (χ2n) is 4.17. The summed E-state index contributed by atoms with van der Waals surface area (Å²) in [6.45, 7) is 2.10. The lowest BCUT2D eigenvalue weighted by atomic mass is 10.1. The van der Waals surface area contributed by atoms with Crippen molar-refractivity contribution in [1.82, 2.24) is 9.78 Å². The monoisotopic (exact) mass is 266 g/mol. The molecule has 2 aromatic rings. The van der Waals surface area contributed by atoms with E-state index in [1.54, 1.807) is 36.0 Å². The SMILES string of the molecule is C[C@H](O)c1cc(Cl)ccc1OCc1cnn(C)c1. The average Bonchev–Trinajstić information content (AvgIpc) is 2.73. The molecular formula is C13H15ClN2O2. The van der Waals surface area contributed by atoms with E-state index in [0.717, 1.165) is 5.56 Å². The largest absolute Gasteiger partial charge is 0.488 e. The van der Waals surface area contributed by atoms with Gasteiger partial charge in [-0.1, -0.05) is 11.6 Å². The molecule has 96 valence electrons. The van der Waals surface area contributed by atoms with Crippen molar-refractivity contribution in [1.29, 1.82) is 0 Å². The molecule has 0 amide bonds. The molecule has 0 saturated carbocycles. The second-order valence-corrected chi connectivity index (χ2v) is 4.61. The Hall–Kier alpha value is -1.52. The van der Waals surface area contributed by atoms with Crippen LogP contribution in [0.4, 0.5) is 0 Å². The summed E-state index contributed by atoms with van der Waals surface area (Å²) < 4.78 is 7.40. The molecule has 0 aliphatic rings. The lowest BCUT2D eigenvalue weighted by molar-refractivity contribution is 0.190. The molecule has 5 heteroatoms. The Balaban J connectivity index is 2.13. The summed E-state index contributed by atoms with van der Waals surface area (Å²) in [6, 6.07) is 5.22. The minimum atomic E-state index is -0.618. The number of aliphatic hydroxyl groups is 1. The fourth-order valence-electron chi connectivity index (χ4n) is 1.68. The minimum absolute atomic E-state index is 0.412. The first kappa shape index (κ1) is 12.9. The van der Waals surface area contributed by atoms with Crippen LogP contribution in [-0.4, -0.2) is 14.9 Å². The van der Waals surface area contributed by atoms with Crippen LogP contribution < -0.4 is 4.74 Å². The molecule has 1 atom stereocenters. The Morgan fingerprint density at radius 3 is 2.89 bits per heavy atom. The highest BCUT2D eigenvalue weighted by Gasteiger charge is 2.10. The number of hydrogen-bond donors (Lipinski definition) is 1. The van der Waals surface area contributed by atoms with Crippen molar-refractivity contribution in [3.05, 3.63) is 46.7 Å². The highest BCUT2D eigenvalue weighted by molar-refractivity contribution is 6.30. The van der Waals surface area contributed by atoms with Gasteiger partial charge in [0.1, 0.15) is 12.4 Å². The zero-order valence-electron chi connectivity index (χ0n) is 10.3. The third kappa shape index (κ3) is 3.03. The smallest absolute Gasteiger partial charge is 0.125 e. The van der Waals surface area contributed by atoms with Crippen LogP contribution in [0.5, 0.6) is 5.75 Å². The van der Waals surface area contributed by atoms with Gasteiger partial charge in [-0.05, 0) is 25.1 Å². The van der Waals surface area contributed by atoms with Crippen LogP contribution in [0, 0.1) is 0 Å². The fourth-order valence-corrected chi connectivity index (χ4v) is 1.87. The number of ether oxygens (including phenoxy) is 1. The zero-order valence-corrected chi connectivity index (χ0v) is 11.1. The molecule has 0 saturated heterocycles. The Kier molecular flexibility index (Phi) is 3.89. The average molecular weight is 267 g/mol. The molecule has 0 fully saturated rings. The van der Waals surface area contributed by atoms with Crippen LogP contribution in [0.25, 0.3) is 0 Å². The third-order valence-corrected chi connectivity index (χ3v) is 2.81. The van der Waals surface area contributed by atoms with Crippen LogP contribution in [0.3, 0.4) is 0 Å². The van der Waals surface area contributed by atoms with Crippen molar-refractivity contribution in [2.45, 2.75) is 19.6 Å². The number of hydrogen-bond acceptors (Lipinski definition) is 3. The summed E-state index contributed by atoms with van der Waals surface area (Å²) in [6.07, 6.45) is 3.02. The van der Waals surface area contributed by atoms with Gasteiger partial charge in [0.25, 0.3) is 0 Å². The second kappa shape index (κ2) is 5.42. The summed E-state index contributed by atoms with van der Waals surface area (Å²) in [5, 5.41) is 14.3. The van der Waals surface area contributed by atoms with Crippen molar-refractivity contribution in [2.24, 2.45) is 7.05 Å². The topological polar surface area (TPSA) is 47.3 Å². The van der Waals surface area contributed by atoms with Gasteiger partial charge in [0.2, 0.25) is 0 Å². The first-order valence-corrected chi connectivity index (χ1v) is 6.02. The van der Waals surface area contributed by atoms with Crippen molar-refractivity contribution in [3.8, 4) is 5.75 Å². The predicted molar refractivity (Wildman–Crippen MR) is 69.6 cm³/mol. The fraction of sp³-hybridized carbons (Fsp3) is 0.308. The molecular weight excluding hydrogens is 252 g/mol. The molecule has 18 heavy (non-hydrogen) atoms. The van der Waals surface area contributed by atoms with Gasteiger partial charge >= 0.3 is 0 Å². The van der Waals surface area contributed by atoms with E-state index in [9.17, 15) is 5.11 Å². The first-order chi connectivity index (χ1) is 8.56. The molecule has 0 aliphatic heterocycles. The van der Waals surface area contributed by atoms with Crippen LogP contribution in [0.15, 0.2) is 30.6 Å². The molecule has 4 nitrogen and oxygen atoms in total. The molecule has 0 spiro atoms. The van der Waals surface area contributed by atoms with Gasteiger partial charge in [0.05, 0.1) is 12.3 Å². The number of halogens is 1. The molecule has 1 heterocycles. The summed E-state index contributed by atoms with van der Waals surface area (Å²) in [4.78, 5) is 0. The van der Waals surface area contributed by atoms with E-state index >= 15 is 0 Å². The highest BCUT2D eigenvalue weighted by atomic mass is 35.5. The van der Waals surface area contributed by atoms with Crippen molar-refractivity contribution in [2.75, 3.05) is 0 Å². The zero-order chi connectivity index (χ0) is 13.1. The third-order valence-electron chi connectivity index (χ3n) is 2.57. The van der Waals surface area contributed by atoms with Crippen molar-refractivity contribution in [3.63, 3.8) is 0 Å². The quantitative estimate of drug-likeness (QED) is 0.926. The van der Waals surface area contributed by atoms with E-state index in [4.69, 9.17) is 16.3 Å². The van der Waals surface area contributed by atoms with E-state index < -0.39 is 6.10 Å². The van der Waals surface area contributed by atoms with E-state index in [2.05, 4.69) is 5.10 Å². The van der Waals surface area contributed by atoms with Crippen molar-refractivity contribution >= 4 is 11.6 Å². The van der Waals surface area contributed by atoms with E-state index in [0.29, 0.717) is 22.9 Å². The maximum Gasteiger partial charge on any atom is 0.125 e. The molecule has 0 unspecified atom stereocenters. The van der Waals surface area contributed by atoms with Crippen LogP contribution in [-0.2, 0) is 13.7 Å². The molecule has 0 radical (unpaired) electrons. The molecule has 1 N–H and O–H groups in total. The maximum atomic E-state index is 9.68. The Morgan fingerprint density at radius 2 is 2.28 bits per heavy atom.